The van der Waals surface area contributed by atoms with Gasteiger partial charge in [0.05, 0.1) is 5.41 Å². The highest BCUT2D eigenvalue weighted by Gasteiger charge is 2.49. The minimum absolute atomic E-state index is 0.534. The molecule has 3 heteroatoms. The van der Waals surface area contributed by atoms with E-state index in [9.17, 15) is 0 Å². The molecule has 1 aromatic heterocycles. The molecule has 11 rings (SSSR count). The molecular formula is C52H33N3. The maximum absolute atomic E-state index is 5.24. The van der Waals surface area contributed by atoms with Crippen LogP contribution in [0.4, 0.5) is 0 Å². The molecule has 2 aliphatic rings. The highest BCUT2D eigenvalue weighted by molar-refractivity contribution is 5.98. The van der Waals surface area contributed by atoms with Gasteiger partial charge in [-0.15, -0.1) is 0 Å². The predicted molar refractivity (Wildman–Crippen MR) is 223 cm³/mol. The van der Waals surface area contributed by atoms with Gasteiger partial charge in [0.25, 0.3) is 0 Å². The molecule has 0 saturated carbocycles. The summed E-state index contributed by atoms with van der Waals surface area (Å²) in [6.45, 7) is 0. The summed E-state index contributed by atoms with van der Waals surface area (Å²) in [4.78, 5) is 15.5. The second kappa shape index (κ2) is 12.4. The molecule has 2 aliphatic carbocycles. The first-order chi connectivity index (χ1) is 27.3. The minimum Gasteiger partial charge on any atom is -0.208 e. The summed E-state index contributed by atoms with van der Waals surface area (Å²) >= 11 is 0. The van der Waals surface area contributed by atoms with Crippen molar-refractivity contribution in [2.45, 2.75) is 5.41 Å². The Morgan fingerprint density at radius 3 is 1.20 bits per heavy atom. The summed E-state index contributed by atoms with van der Waals surface area (Å²) in [6, 6.07) is 71.7. The van der Waals surface area contributed by atoms with Crippen molar-refractivity contribution in [2.24, 2.45) is 0 Å². The number of fused-ring (bicyclic) bond motifs is 12. The van der Waals surface area contributed by atoms with Crippen LogP contribution >= 0.6 is 0 Å². The van der Waals surface area contributed by atoms with Crippen molar-refractivity contribution >= 4 is 0 Å². The number of aromatic nitrogens is 3. The highest BCUT2D eigenvalue weighted by Crippen LogP contribution is 2.61. The molecule has 0 unspecified atom stereocenters. The second-order valence-corrected chi connectivity index (χ2v) is 14.3. The van der Waals surface area contributed by atoms with E-state index >= 15 is 0 Å². The van der Waals surface area contributed by atoms with Crippen molar-refractivity contribution < 1.29 is 0 Å². The van der Waals surface area contributed by atoms with E-state index in [0.29, 0.717) is 17.5 Å². The van der Waals surface area contributed by atoms with Gasteiger partial charge in [0.15, 0.2) is 17.5 Å². The molecule has 0 bridgehead atoms. The summed E-state index contributed by atoms with van der Waals surface area (Å²) < 4.78 is 0. The first-order valence-corrected chi connectivity index (χ1v) is 18.8. The van der Waals surface area contributed by atoms with E-state index in [4.69, 9.17) is 15.0 Å². The Kier molecular flexibility index (Phi) is 7.08. The van der Waals surface area contributed by atoms with E-state index in [2.05, 4.69) is 176 Å². The van der Waals surface area contributed by atoms with E-state index in [1.807, 2.05) is 24.3 Å². The Balaban J connectivity index is 1.18. The standard InChI is InChI=1S/C52H33N3/c1-3-16-34(17-4-1)36-20-15-21-37(32-36)50-53-49(35-18-5-2-6-19-35)54-51(55-50)38-30-31-48-44(33-38)40-23-8-7-22-39(40)41-24-9-12-27-45(41)52(48)46-28-13-10-25-42(46)43-26-11-14-29-47(43)52/h1-33H. The summed E-state index contributed by atoms with van der Waals surface area (Å²) in [5.74, 6) is 1.92. The molecule has 0 amide bonds. The molecule has 8 aromatic carbocycles. The zero-order valence-corrected chi connectivity index (χ0v) is 29.9. The Labute approximate surface area is 320 Å². The van der Waals surface area contributed by atoms with Crippen LogP contribution in [0.2, 0.25) is 0 Å². The Hall–Kier alpha value is -7.23. The molecule has 0 atom stereocenters. The Morgan fingerprint density at radius 2 is 0.618 bits per heavy atom. The maximum Gasteiger partial charge on any atom is 0.164 e. The third-order valence-corrected chi connectivity index (χ3v) is 11.4. The fraction of sp³-hybridized carbons (Fsp3) is 0.0192. The van der Waals surface area contributed by atoms with Gasteiger partial charge >= 0.3 is 0 Å². The number of benzene rings is 8. The van der Waals surface area contributed by atoms with Crippen LogP contribution in [0.1, 0.15) is 22.3 Å². The van der Waals surface area contributed by atoms with Crippen LogP contribution in [0, 0.1) is 0 Å². The molecular weight excluding hydrogens is 667 g/mol. The topological polar surface area (TPSA) is 38.7 Å². The van der Waals surface area contributed by atoms with Gasteiger partial charge < -0.3 is 0 Å². The molecule has 0 saturated heterocycles. The number of hydrogen-bond donors (Lipinski definition) is 0. The van der Waals surface area contributed by atoms with Gasteiger partial charge in [-0.1, -0.05) is 188 Å². The first kappa shape index (κ1) is 31.3. The number of nitrogens with zero attached hydrogens (tertiary/aromatic N) is 3. The molecule has 1 spiro atoms. The highest BCUT2D eigenvalue weighted by atomic mass is 15.0. The molecule has 1 heterocycles. The van der Waals surface area contributed by atoms with Gasteiger partial charge in [0, 0.05) is 16.7 Å². The summed E-state index contributed by atoms with van der Waals surface area (Å²) in [5, 5.41) is 0. The lowest BCUT2D eigenvalue weighted by molar-refractivity contribution is 0.775. The summed E-state index contributed by atoms with van der Waals surface area (Å²) in [6.07, 6.45) is 0. The van der Waals surface area contributed by atoms with Crippen molar-refractivity contribution in [3.8, 4) is 78.7 Å². The van der Waals surface area contributed by atoms with Gasteiger partial charge in [0.2, 0.25) is 0 Å². The van der Waals surface area contributed by atoms with Crippen molar-refractivity contribution in [3.63, 3.8) is 0 Å². The minimum atomic E-state index is -0.534. The average molecular weight is 700 g/mol. The van der Waals surface area contributed by atoms with E-state index in [-0.39, 0.29) is 0 Å². The van der Waals surface area contributed by atoms with Gasteiger partial charge in [-0.05, 0) is 78.9 Å². The van der Waals surface area contributed by atoms with Crippen LogP contribution in [-0.4, -0.2) is 15.0 Å². The molecule has 3 nitrogen and oxygen atoms in total. The van der Waals surface area contributed by atoms with E-state index in [0.717, 1.165) is 27.8 Å². The Bertz CT molecular complexity index is 2890. The maximum atomic E-state index is 5.24. The number of hydrogen-bond acceptors (Lipinski definition) is 3. The largest absolute Gasteiger partial charge is 0.208 e. The van der Waals surface area contributed by atoms with Crippen molar-refractivity contribution in [3.05, 3.63) is 222 Å². The summed E-state index contributed by atoms with van der Waals surface area (Å²) in [7, 11) is 0. The van der Waals surface area contributed by atoms with Crippen LogP contribution in [0.3, 0.4) is 0 Å². The van der Waals surface area contributed by atoms with Crippen LogP contribution in [-0.2, 0) is 5.41 Å². The lowest BCUT2D eigenvalue weighted by atomic mass is 9.66. The second-order valence-electron chi connectivity index (χ2n) is 14.3. The van der Waals surface area contributed by atoms with Gasteiger partial charge in [-0.3, -0.25) is 0 Å². The zero-order valence-electron chi connectivity index (χ0n) is 29.9. The summed E-state index contributed by atoms with van der Waals surface area (Å²) in [5.41, 5.74) is 17.1. The SMILES string of the molecule is c1ccc(-c2cccc(-c3nc(-c4ccccc4)nc(-c4ccc5c(c4)-c4ccccc4-c4ccccc4C54c5ccccc5-c5ccccc54)n3)c2)cc1. The molecule has 0 radical (unpaired) electrons. The Morgan fingerprint density at radius 1 is 0.236 bits per heavy atom. The van der Waals surface area contributed by atoms with Crippen molar-refractivity contribution in [1.29, 1.82) is 0 Å². The van der Waals surface area contributed by atoms with Crippen LogP contribution in [0.25, 0.3) is 78.7 Å². The third kappa shape index (κ3) is 4.80. The number of rotatable bonds is 4. The van der Waals surface area contributed by atoms with E-state index in [1.165, 1.54) is 55.6 Å². The van der Waals surface area contributed by atoms with Crippen LogP contribution < -0.4 is 0 Å². The lowest BCUT2D eigenvalue weighted by Crippen LogP contribution is -2.29. The average Bonchev–Trinajstić information content (AvgIpc) is 3.51. The van der Waals surface area contributed by atoms with Gasteiger partial charge in [0.1, 0.15) is 0 Å². The van der Waals surface area contributed by atoms with E-state index in [1.54, 1.807) is 0 Å². The fourth-order valence-corrected chi connectivity index (χ4v) is 9.01. The third-order valence-electron chi connectivity index (χ3n) is 11.4. The smallest absolute Gasteiger partial charge is 0.164 e. The first-order valence-electron chi connectivity index (χ1n) is 18.8. The van der Waals surface area contributed by atoms with Crippen LogP contribution in [0.5, 0.6) is 0 Å². The normalized spacial score (nSPS) is 12.9. The van der Waals surface area contributed by atoms with Crippen molar-refractivity contribution in [2.75, 3.05) is 0 Å². The fourth-order valence-electron chi connectivity index (χ4n) is 9.01. The molecule has 256 valence electrons. The lowest BCUT2D eigenvalue weighted by Gasteiger charge is -2.35. The van der Waals surface area contributed by atoms with Gasteiger partial charge in [-0.2, -0.15) is 0 Å². The van der Waals surface area contributed by atoms with Crippen molar-refractivity contribution in [1.82, 2.24) is 15.0 Å². The molecule has 0 N–H and O–H groups in total. The quantitative estimate of drug-likeness (QED) is 0.184. The molecule has 55 heavy (non-hydrogen) atoms. The molecule has 9 aromatic rings. The van der Waals surface area contributed by atoms with Gasteiger partial charge in [-0.25, -0.2) is 15.0 Å². The predicted octanol–water partition coefficient (Wildman–Crippen LogP) is 12.6. The van der Waals surface area contributed by atoms with E-state index < -0.39 is 5.41 Å². The van der Waals surface area contributed by atoms with Crippen LogP contribution in [0.15, 0.2) is 200 Å². The zero-order chi connectivity index (χ0) is 36.3. The monoisotopic (exact) mass is 699 g/mol. The molecule has 0 aliphatic heterocycles. The molecule has 0 fully saturated rings.